The molecule has 1 aliphatic heterocycles. The molecule has 20 heavy (non-hydrogen) atoms. The van der Waals surface area contributed by atoms with Crippen molar-refractivity contribution in [3.8, 4) is 0 Å². The van der Waals surface area contributed by atoms with Gasteiger partial charge in [0, 0.05) is 17.9 Å². The van der Waals surface area contributed by atoms with E-state index in [-0.39, 0.29) is 12.0 Å². The van der Waals surface area contributed by atoms with Crippen molar-refractivity contribution in [2.24, 2.45) is 0 Å². The van der Waals surface area contributed by atoms with Crippen molar-refractivity contribution in [3.63, 3.8) is 0 Å². The van der Waals surface area contributed by atoms with Gasteiger partial charge in [-0.15, -0.1) is 0 Å². The average molecular weight is 276 g/mol. The lowest BCUT2D eigenvalue weighted by Gasteiger charge is -2.37. The summed E-state index contributed by atoms with van der Waals surface area (Å²) in [5.74, 6) is -0.121. The second-order valence-corrected chi connectivity index (χ2v) is 5.20. The minimum absolute atomic E-state index is 0.121. The second kappa shape index (κ2) is 6.64. The predicted molar refractivity (Wildman–Crippen MR) is 81.9 cm³/mol. The monoisotopic (exact) mass is 276 g/mol. The smallest absolute Gasteiger partial charge is 0.328 e. The summed E-state index contributed by atoms with van der Waals surface area (Å²) in [4.78, 5) is 14.4. The maximum absolute atomic E-state index is 12.2. The van der Waals surface area contributed by atoms with Crippen molar-refractivity contribution in [1.82, 2.24) is 0 Å². The van der Waals surface area contributed by atoms with Gasteiger partial charge in [0.2, 0.25) is 0 Å². The van der Waals surface area contributed by atoms with E-state index in [1.165, 1.54) is 5.56 Å². The van der Waals surface area contributed by atoms with Crippen LogP contribution in [-0.2, 0) is 16.0 Å². The van der Waals surface area contributed by atoms with Gasteiger partial charge in [-0.3, -0.25) is 0 Å². The Morgan fingerprint density at radius 1 is 1.45 bits per heavy atom. The largest absolute Gasteiger partial charge is 0.464 e. The maximum Gasteiger partial charge on any atom is 0.328 e. The first kappa shape index (κ1) is 14.7. The lowest BCUT2D eigenvalue weighted by molar-refractivity contribution is -0.145. The molecule has 0 aliphatic carbocycles. The third-order valence-corrected chi connectivity index (χ3v) is 3.82. The van der Waals surface area contributed by atoms with Crippen LogP contribution in [0.4, 0.5) is 11.4 Å². The Bertz CT molecular complexity index is 474. The number of carbonyl (C=O) groups excluding carboxylic acids is 1. The van der Waals surface area contributed by atoms with Crippen molar-refractivity contribution in [3.05, 3.63) is 23.8 Å². The third kappa shape index (κ3) is 2.89. The number of ether oxygens (including phenoxy) is 1. The quantitative estimate of drug-likeness (QED) is 0.663. The Morgan fingerprint density at radius 3 is 2.95 bits per heavy atom. The van der Waals surface area contributed by atoms with E-state index < -0.39 is 0 Å². The van der Waals surface area contributed by atoms with Crippen molar-refractivity contribution in [1.29, 1.82) is 0 Å². The molecule has 0 saturated carbocycles. The van der Waals surface area contributed by atoms with E-state index in [1.54, 1.807) is 0 Å². The Labute approximate surface area is 120 Å². The Morgan fingerprint density at radius 2 is 2.25 bits per heavy atom. The molecule has 1 aliphatic rings. The van der Waals surface area contributed by atoms with E-state index >= 15 is 0 Å². The fraction of sp³-hybridized carbons (Fsp3) is 0.562. The van der Waals surface area contributed by atoms with E-state index in [0.717, 1.165) is 43.6 Å². The average Bonchev–Trinajstić information content (AvgIpc) is 2.45. The molecule has 0 fully saturated rings. The summed E-state index contributed by atoms with van der Waals surface area (Å²) in [6, 6.07) is 5.76. The molecule has 0 spiro atoms. The van der Waals surface area contributed by atoms with Gasteiger partial charge in [0.05, 0.1) is 6.61 Å². The standard InChI is InChI=1S/C16H24N2O2/c1-3-7-15(16(19)20-4-2)18-11-6-8-12-13(17)9-5-10-14(12)18/h5,9-10,15H,3-4,6-8,11,17H2,1-2H3. The van der Waals surface area contributed by atoms with E-state index in [4.69, 9.17) is 10.5 Å². The van der Waals surface area contributed by atoms with Gasteiger partial charge in [-0.1, -0.05) is 19.4 Å². The molecule has 4 nitrogen and oxygen atoms in total. The molecular formula is C16H24N2O2. The molecule has 1 unspecified atom stereocenters. The summed E-state index contributed by atoms with van der Waals surface area (Å²) in [6.07, 6.45) is 3.78. The summed E-state index contributed by atoms with van der Waals surface area (Å²) in [6.45, 7) is 5.26. The Hall–Kier alpha value is -1.71. The highest BCUT2D eigenvalue weighted by molar-refractivity contribution is 5.81. The Kier molecular flexibility index (Phi) is 4.88. The zero-order chi connectivity index (χ0) is 14.5. The van der Waals surface area contributed by atoms with Gasteiger partial charge in [0.15, 0.2) is 0 Å². The molecule has 1 heterocycles. The zero-order valence-corrected chi connectivity index (χ0v) is 12.4. The molecule has 1 aromatic carbocycles. The number of nitrogens with zero attached hydrogens (tertiary/aromatic N) is 1. The molecule has 110 valence electrons. The van der Waals surface area contributed by atoms with Gasteiger partial charge in [0.25, 0.3) is 0 Å². The van der Waals surface area contributed by atoms with Crippen molar-refractivity contribution in [2.75, 3.05) is 23.8 Å². The van der Waals surface area contributed by atoms with Crippen LogP contribution in [0.5, 0.6) is 0 Å². The highest BCUT2D eigenvalue weighted by Gasteiger charge is 2.30. The summed E-state index contributed by atoms with van der Waals surface area (Å²) in [7, 11) is 0. The van der Waals surface area contributed by atoms with Crippen molar-refractivity contribution >= 4 is 17.3 Å². The number of benzene rings is 1. The first-order valence-electron chi connectivity index (χ1n) is 7.49. The van der Waals surface area contributed by atoms with Crippen LogP contribution >= 0.6 is 0 Å². The molecule has 0 bridgehead atoms. The van der Waals surface area contributed by atoms with Crippen LogP contribution in [0, 0.1) is 0 Å². The topological polar surface area (TPSA) is 55.6 Å². The number of anilines is 2. The molecule has 4 heteroatoms. The van der Waals surface area contributed by atoms with Crippen LogP contribution < -0.4 is 10.6 Å². The molecule has 1 atom stereocenters. The van der Waals surface area contributed by atoms with Gasteiger partial charge >= 0.3 is 5.97 Å². The molecule has 1 aromatic rings. The molecule has 0 aromatic heterocycles. The van der Waals surface area contributed by atoms with E-state index in [2.05, 4.69) is 17.9 Å². The van der Waals surface area contributed by atoms with Gasteiger partial charge in [-0.25, -0.2) is 4.79 Å². The van der Waals surface area contributed by atoms with Crippen LogP contribution in [0.15, 0.2) is 18.2 Å². The van der Waals surface area contributed by atoms with E-state index in [0.29, 0.717) is 6.61 Å². The Balaban J connectivity index is 2.31. The number of nitrogens with two attached hydrogens (primary N) is 1. The zero-order valence-electron chi connectivity index (χ0n) is 12.4. The maximum atomic E-state index is 12.2. The highest BCUT2D eigenvalue weighted by atomic mass is 16.5. The second-order valence-electron chi connectivity index (χ2n) is 5.20. The number of nitrogen functional groups attached to an aromatic ring is 1. The minimum atomic E-state index is -0.194. The SMILES string of the molecule is CCCC(C(=O)OCC)N1CCCc2c(N)cccc21. The fourth-order valence-corrected chi connectivity index (χ4v) is 2.92. The van der Waals surface area contributed by atoms with Crippen LogP contribution in [-0.4, -0.2) is 25.2 Å². The summed E-state index contributed by atoms with van der Waals surface area (Å²) >= 11 is 0. The molecule has 2 rings (SSSR count). The first-order chi connectivity index (χ1) is 9.69. The predicted octanol–water partition coefficient (Wildman–Crippen LogP) is 2.75. The number of carbonyl (C=O) groups is 1. The number of hydrogen-bond acceptors (Lipinski definition) is 4. The van der Waals surface area contributed by atoms with Crippen LogP contribution in [0.25, 0.3) is 0 Å². The number of esters is 1. The summed E-state index contributed by atoms with van der Waals surface area (Å²) in [5, 5.41) is 0. The normalized spacial score (nSPS) is 15.6. The van der Waals surface area contributed by atoms with Crippen LogP contribution in [0.3, 0.4) is 0 Å². The van der Waals surface area contributed by atoms with Gasteiger partial charge in [0.1, 0.15) is 6.04 Å². The van der Waals surface area contributed by atoms with Crippen LogP contribution in [0.2, 0.25) is 0 Å². The number of fused-ring (bicyclic) bond motifs is 1. The summed E-state index contributed by atoms with van der Waals surface area (Å²) in [5.41, 5.74) is 9.17. The number of hydrogen-bond donors (Lipinski definition) is 1. The van der Waals surface area contributed by atoms with Crippen molar-refractivity contribution < 1.29 is 9.53 Å². The van der Waals surface area contributed by atoms with Gasteiger partial charge in [-0.05, 0) is 43.9 Å². The molecule has 0 saturated heterocycles. The third-order valence-electron chi connectivity index (χ3n) is 3.82. The first-order valence-corrected chi connectivity index (χ1v) is 7.49. The molecule has 2 N–H and O–H groups in total. The van der Waals surface area contributed by atoms with Crippen molar-refractivity contribution in [2.45, 2.75) is 45.6 Å². The molecule has 0 amide bonds. The summed E-state index contributed by atoms with van der Waals surface area (Å²) < 4.78 is 5.24. The van der Waals surface area contributed by atoms with E-state index in [9.17, 15) is 4.79 Å². The molecular weight excluding hydrogens is 252 g/mol. The lowest BCUT2D eigenvalue weighted by atomic mass is 9.97. The molecule has 0 radical (unpaired) electrons. The number of rotatable bonds is 5. The minimum Gasteiger partial charge on any atom is -0.464 e. The van der Waals surface area contributed by atoms with Gasteiger partial charge in [-0.2, -0.15) is 0 Å². The van der Waals surface area contributed by atoms with Crippen LogP contribution in [0.1, 0.15) is 38.7 Å². The van der Waals surface area contributed by atoms with E-state index in [1.807, 2.05) is 19.1 Å². The van der Waals surface area contributed by atoms with Gasteiger partial charge < -0.3 is 15.4 Å². The highest BCUT2D eigenvalue weighted by Crippen LogP contribution is 2.33. The fourth-order valence-electron chi connectivity index (χ4n) is 2.92. The lowest BCUT2D eigenvalue weighted by Crippen LogP contribution is -2.45.